The number of carbonyl (C=O) groups is 2. The highest BCUT2D eigenvalue weighted by Gasteiger charge is 2.38. The fourth-order valence-corrected chi connectivity index (χ4v) is 3.19. The molecule has 1 aromatic rings. The Morgan fingerprint density at radius 1 is 1.20 bits per heavy atom. The second kappa shape index (κ2) is 8.25. The van der Waals surface area contributed by atoms with Gasteiger partial charge in [-0.25, -0.2) is 0 Å². The third-order valence-corrected chi connectivity index (χ3v) is 4.91. The zero-order valence-electron chi connectivity index (χ0n) is 15.3. The summed E-state index contributed by atoms with van der Waals surface area (Å²) < 4.78 is 5.63. The van der Waals surface area contributed by atoms with Crippen LogP contribution in [-0.2, 0) is 9.59 Å². The molecular formula is C19H24N2O3S. The van der Waals surface area contributed by atoms with E-state index in [1.807, 2.05) is 50.4 Å². The number of piperazine rings is 1. The van der Waals surface area contributed by atoms with Crippen LogP contribution in [0.1, 0.15) is 19.4 Å². The maximum Gasteiger partial charge on any atom is 0.271 e. The van der Waals surface area contributed by atoms with E-state index in [0.717, 1.165) is 11.3 Å². The van der Waals surface area contributed by atoms with Crippen LogP contribution in [0.15, 0.2) is 41.6 Å². The summed E-state index contributed by atoms with van der Waals surface area (Å²) in [6.45, 7) is 4.58. The van der Waals surface area contributed by atoms with Crippen LogP contribution in [0.5, 0.6) is 5.75 Å². The second-order valence-electron chi connectivity index (χ2n) is 6.09. The summed E-state index contributed by atoms with van der Waals surface area (Å²) in [5.74, 6) is 0.506. The highest BCUT2D eigenvalue weighted by atomic mass is 32.2. The molecule has 1 unspecified atom stereocenters. The number of thioether (sulfide) groups is 1. The number of benzene rings is 1. The zero-order chi connectivity index (χ0) is 18.6. The van der Waals surface area contributed by atoms with Crippen LogP contribution < -0.4 is 4.74 Å². The minimum Gasteiger partial charge on any atom is -0.490 e. The number of likely N-dealkylation sites (N-methyl/N-ethyl adjacent to an activating group) is 2. The Kier molecular flexibility index (Phi) is 6.31. The molecular weight excluding hydrogens is 336 g/mol. The summed E-state index contributed by atoms with van der Waals surface area (Å²) >= 11 is 1.35. The van der Waals surface area contributed by atoms with Crippen LogP contribution >= 0.6 is 11.8 Å². The Balaban J connectivity index is 2.17. The number of carbonyl (C=O) groups excluding carboxylic acids is 2. The predicted molar refractivity (Wildman–Crippen MR) is 102 cm³/mol. The third-order valence-electron chi connectivity index (χ3n) is 3.94. The smallest absolute Gasteiger partial charge is 0.271 e. The van der Waals surface area contributed by atoms with Crippen LogP contribution in [0, 0.1) is 0 Å². The minimum absolute atomic E-state index is 0.0949. The molecule has 1 aromatic carbocycles. The average Bonchev–Trinajstić information content (AvgIpc) is 2.58. The molecule has 1 aliphatic heterocycles. The van der Waals surface area contributed by atoms with E-state index in [1.165, 1.54) is 27.1 Å². The van der Waals surface area contributed by atoms with Crippen LogP contribution in [0.3, 0.4) is 0 Å². The average molecular weight is 360 g/mol. The van der Waals surface area contributed by atoms with Gasteiger partial charge in [0, 0.05) is 14.1 Å². The fraction of sp³-hybridized carbons (Fsp3) is 0.368. The van der Waals surface area contributed by atoms with Gasteiger partial charge in [-0.05, 0) is 50.0 Å². The standard InChI is InChI=1S/C19H24N2O3S/c1-13(2)10-11-24-15-8-6-14(7-9-15)12-16-17(22)21(4)19(25-5)18(23)20(16)3/h6-10,12,19H,11H2,1-5H3. The molecule has 0 aliphatic carbocycles. The van der Waals surface area contributed by atoms with Gasteiger partial charge in [0.05, 0.1) is 0 Å². The topological polar surface area (TPSA) is 49.9 Å². The van der Waals surface area contributed by atoms with Crippen molar-refractivity contribution in [1.29, 1.82) is 0 Å². The van der Waals surface area contributed by atoms with Gasteiger partial charge in [-0.3, -0.25) is 9.59 Å². The van der Waals surface area contributed by atoms with Crippen LogP contribution in [0.2, 0.25) is 0 Å². The van der Waals surface area contributed by atoms with E-state index in [2.05, 4.69) is 0 Å². The summed E-state index contributed by atoms with van der Waals surface area (Å²) in [6.07, 6.45) is 5.56. The Morgan fingerprint density at radius 3 is 2.40 bits per heavy atom. The molecule has 1 aliphatic rings. The summed E-state index contributed by atoms with van der Waals surface area (Å²) in [6, 6.07) is 7.46. The molecule has 1 fully saturated rings. The summed E-state index contributed by atoms with van der Waals surface area (Å²) in [5.41, 5.74) is 2.42. The highest BCUT2D eigenvalue weighted by molar-refractivity contribution is 7.99. The van der Waals surface area contributed by atoms with Crippen molar-refractivity contribution in [3.05, 3.63) is 47.2 Å². The molecule has 2 rings (SSSR count). The molecule has 5 nitrogen and oxygen atoms in total. The minimum atomic E-state index is -0.472. The Hall–Kier alpha value is -2.21. The van der Waals surface area contributed by atoms with Gasteiger partial charge in [-0.1, -0.05) is 17.7 Å². The zero-order valence-corrected chi connectivity index (χ0v) is 16.1. The van der Waals surface area contributed by atoms with Gasteiger partial charge in [-0.15, -0.1) is 11.8 Å². The summed E-state index contributed by atoms with van der Waals surface area (Å²) in [4.78, 5) is 27.8. The van der Waals surface area contributed by atoms with E-state index in [-0.39, 0.29) is 11.8 Å². The van der Waals surface area contributed by atoms with E-state index in [4.69, 9.17) is 4.74 Å². The van der Waals surface area contributed by atoms with E-state index < -0.39 is 5.37 Å². The molecule has 1 heterocycles. The molecule has 0 radical (unpaired) electrons. The lowest BCUT2D eigenvalue weighted by atomic mass is 10.1. The lowest BCUT2D eigenvalue weighted by Gasteiger charge is -2.37. The van der Waals surface area contributed by atoms with Crippen LogP contribution in [-0.4, -0.2) is 53.9 Å². The fourth-order valence-electron chi connectivity index (χ4n) is 2.42. The van der Waals surface area contributed by atoms with Gasteiger partial charge >= 0.3 is 0 Å². The number of hydrogen-bond acceptors (Lipinski definition) is 4. The second-order valence-corrected chi connectivity index (χ2v) is 7.01. The molecule has 6 heteroatoms. The summed E-state index contributed by atoms with van der Waals surface area (Å²) in [5, 5.41) is -0.472. The first-order valence-electron chi connectivity index (χ1n) is 8.00. The quantitative estimate of drug-likeness (QED) is 0.598. The molecule has 0 N–H and O–H groups in total. The molecule has 0 bridgehead atoms. The van der Waals surface area contributed by atoms with Gasteiger partial charge in [0.2, 0.25) is 0 Å². The van der Waals surface area contributed by atoms with Gasteiger partial charge in [0.15, 0.2) is 5.37 Å². The highest BCUT2D eigenvalue weighted by Crippen LogP contribution is 2.26. The van der Waals surface area contributed by atoms with Crippen molar-refractivity contribution in [2.24, 2.45) is 0 Å². The van der Waals surface area contributed by atoms with Gasteiger partial charge in [0.1, 0.15) is 18.1 Å². The van der Waals surface area contributed by atoms with Gasteiger partial charge in [0.25, 0.3) is 11.8 Å². The van der Waals surface area contributed by atoms with E-state index >= 15 is 0 Å². The molecule has 0 spiro atoms. The van der Waals surface area contributed by atoms with Crippen molar-refractivity contribution in [3.8, 4) is 5.75 Å². The number of ether oxygens (including phenoxy) is 1. The number of hydrogen-bond donors (Lipinski definition) is 0. The summed E-state index contributed by atoms with van der Waals surface area (Å²) in [7, 11) is 3.29. The first kappa shape index (κ1) is 19.1. The van der Waals surface area contributed by atoms with Crippen molar-refractivity contribution >= 4 is 29.7 Å². The molecule has 1 saturated heterocycles. The number of amides is 2. The van der Waals surface area contributed by atoms with Gasteiger partial charge in [-0.2, -0.15) is 0 Å². The normalized spacial score (nSPS) is 19.4. The first-order chi connectivity index (χ1) is 11.8. The van der Waals surface area contributed by atoms with E-state index in [0.29, 0.717) is 12.3 Å². The van der Waals surface area contributed by atoms with E-state index in [9.17, 15) is 9.59 Å². The largest absolute Gasteiger partial charge is 0.490 e. The van der Waals surface area contributed by atoms with Crippen LogP contribution in [0.25, 0.3) is 6.08 Å². The van der Waals surface area contributed by atoms with Crippen molar-refractivity contribution in [2.75, 3.05) is 27.0 Å². The maximum absolute atomic E-state index is 12.5. The Bertz CT molecular complexity index is 706. The van der Waals surface area contributed by atoms with Crippen molar-refractivity contribution < 1.29 is 14.3 Å². The first-order valence-corrected chi connectivity index (χ1v) is 9.29. The lowest BCUT2D eigenvalue weighted by molar-refractivity contribution is -0.144. The number of allylic oxidation sites excluding steroid dienone is 1. The number of nitrogens with zero attached hydrogens (tertiary/aromatic N) is 2. The van der Waals surface area contributed by atoms with E-state index in [1.54, 1.807) is 20.2 Å². The van der Waals surface area contributed by atoms with Crippen molar-refractivity contribution in [3.63, 3.8) is 0 Å². The molecule has 25 heavy (non-hydrogen) atoms. The Labute approximate surface area is 153 Å². The Morgan fingerprint density at radius 2 is 1.84 bits per heavy atom. The molecule has 0 aromatic heterocycles. The monoisotopic (exact) mass is 360 g/mol. The molecule has 0 saturated carbocycles. The molecule has 134 valence electrons. The van der Waals surface area contributed by atoms with Crippen molar-refractivity contribution in [2.45, 2.75) is 19.2 Å². The maximum atomic E-state index is 12.5. The van der Waals surface area contributed by atoms with Gasteiger partial charge < -0.3 is 14.5 Å². The number of rotatable bonds is 5. The lowest BCUT2D eigenvalue weighted by Crippen LogP contribution is -2.54. The SMILES string of the molecule is CSC1C(=O)N(C)C(=Cc2ccc(OCC=C(C)C)cc2)C(=O)N1C. The molecule has 2 amide bonds. The molecule has 1 atom stereocenters. The third kappa shape index (κ3) is 4.45. The predicted octanol–water partition coefficient (Wildman–Crippen LogP) is 2.99. The van der Waals surface area contributed by atoms with Crippen molar-refractivity contribution in [1.82, 2.24) is 9.80 Å². The van der Waals surface area contributed by atoms with Crippen LogP contribution in [0.4, 0.5) is 0 Å².